The van der Waals surface area contributed by atoms with Gasteiger partial charge in [-0.05, 0) is 54.8 Å². The standard InChI is InChI=1S/C28H29FN2O3/c29-24-13-11-23(12-14-24)28(15-17-31(18-16-28)20-22-9-5-2-6-10-22)27(34)30-25(26(32)33)19-21-7-3-1-4-8-21/h1-14,25H,15-20H2,(H,30,34)(H,32,33)/t25-/m0/s1. The third-order valence-electron chi connectivity index (χ3n) is 6.68. The number of benzene rings is 3. The van der Waals surface area contributed by atoms with Crippen LogP contribution in [0.2, 0.25) is 0 Å². The van der Waals surface area contributed by atoms with Crippen LogP contribution in [0.5, 0.6) is 0 Å². The molecule has 3 aromatic carbocycles. The molecule has 1 fully saturated rings. The van der Waals surface area contributed by atoms with Gasteiger partial charge >= 0.3 is 5.97 Å². The van der Waals surface area contributed by atoms with Crippen LogP contribution in [0.15, 0.2) is 84.9 Å². The Labute approximate surface area is 199 Å². The van der Waals surface area contributed by atoms with Crippen molar-refractivity contribution in [3.8, 4) is 0 Å². The Hall–Kier alpha value is -3.51. The van der Waals surface area contributed by atoms with E-state index in [-0.39, 0.29) is 18.1 Å². The number of hydrogen-bond acceptors (Lipinski definition) is 3. The molecule has 34 heavy (non-hydrogen) atoms. The van der Waals surface area contributed by atoms with Crippen molar-refractivity contribution in [2.24, 2.45) is 0 Å². The van der Waals surface area contributed by atoms with Crippen LogP contribution in [-0.4, -0.2) is 41.0 Å². The van der Waals surface area contributed by atoms with Gasteiger partial charge in [-0.3, -0.25) is 9.69 Å². The van der Waals surface area contributed by atoms with Gasteiger partial charge in [0, 0.05) is 13.0 Å². The molecule has 5 nitrogen and oxygen atoms in total. The van der Waals surface area contributed by atoms with Crippen LogP contribution in [0.25, 0.3) is 0 Å². The molecule has 1 atom stereocenters. The van der Waals surface area contributed by atoms with Crippen molar-refractivity contribution in [2.75, 3.05) is 13.1 Å². The highest BCUT2D eigenvalue weighted by Gasteiger charge is 2.44. The number of amides is 1. The Morgan fingerprint density at radius 1 is 0.882 bits per heavy atom. The van der Waals surface area contributed by atoms with Gasteiger partial charge in [0.05, 0.1) is 5.41 Å². The molecule has 4 rings (SSSR count). The normalized spacial score (nSPS) is 16.5. The number of nitrogens with zero attached hydrogens (tertiary/aromatic N) is 1. The third-order valence-corrected chi connectivity index (χ3v) is 6.68. The maximum Gasteiger partial charge on any atom is 0.326 e. The lowest BCUT2D eigenvalue weighted by molar-refractivity contribution is -0.143. The first-order chi connectivity index (χ1) is 16.5. The molecule has 0 radical (unpaired) electrons. The van der Waals surface area contributed by atoms with Crippen molar-refractivity contribution in [3.05, 3.63) is 107 Å². The van der Waals surface area contributed by atoms with Crippen molar-refractivity contribution in [2.45, 2.75) is 37.3 Å². The van der Waals surface area contributed by atoms with Gasteiger partial charge in [-0.1, -0.05) is 72.8 Å². The van der Waals surface area contributed by atoms with Gasteiger partial charge in [0.1, 0.15) is 11.9 Å². The second kappa shape index (κ2) is 10.6. The molecule has 2 N–H and O–H groups in total. The Morgan fingerprint density at radius 3 is 2.00 bits per heavy atom. The van der Waals surface area contributed by atoms with Crippen LogP contribution in [0, 0.1) is 5.82 Å². The highest BCUT2D eigenvalue weighted by atomic mass is 19.1. The minimum absolute atomic E-state index is 0.196. The molecular formula is C28H29FN2O3. The zero-order chi connectivity index (χ0) is 24.0. The van der Waals surface area contributed by atoms with E-state index in [4.69, 9.17) is 0 Å². The van der Waals surface area contributed by atoms with Gasteiger partial charge < -0.3 is 10.4 Å². The summed E-state index contributed by atoms with van der Waals surface area (Å²) in [5.41, 5.74) is 1.85. The molecule has 1 aliphatic rings. The predicted octanol–water partition coefficient (Wildman–Crippen LogP) is 4.17. The highest BCUT2D eigenvalue weighted by Crippen LogP contribution is 2.37. The second-order valence-electron chi connectivity index (χ2n) is 8.90. The van der Waals surface area contributed by atoms with Gasteiger partial charge in [0.25, 0.3) is 0 Å². The molecular weight excluding hydrogens is 431 g/mol. The molecule has 6 heteroatoms. The molecule has 0 aromatic heterocycles. The fourth-order valence-corrected chi connectivity index (χ4v) is 4.70. The number of carboxylic acid groups (broad SMARTS) is 1. The third kappa shape index (κ3) is 5.51. The molecule has 176 valence electrons. The zero-order valence-corrected chi connectivity index (χ0v) is 19.0. The number of carboxylic acids is 1. The second-order valence-corrected chi connectivity index (χ2v) is 8.90. The van der Waals surface area contributed by atoms with E-state index in [1.54, 1.807) is 12.1 Å². The molecule has 0 bridgehead atoms. The average molecular weight is 461 g/mol. The van der Waals surface area contributed by atoms with E-state index in [9.17, 15) is 19.1 Å². The van der Waals surface area contributed by atoms with Crippen LogP contribution in [0.1, 0.15) is 29.5 Å². The Kier molecular flexibility index (Phi) is 7.38. The molecule has 3 aromatic rings. The van der Waals surface area contributed by atoms with Crippen molar-refractivity contribution in [3.63, 3.8) is 0 Å². The number of nitrogens with one attached hydrogen (secondary N) is 1. The molecule has 1 aliphatic heterocycles. The Morgan fingerprint density at radius 2 is 1.44 bits per heavy atom. The van der Waals surface area contributed by atoms with Gasteiger partial charge in [-0.2, -0.15) is 0 Å². The lowest BCUT2D eigenvalue weighted by atomic mass is 9.71. The minimum atomic E-state index is -1.08. The SMILES string of the molecule is O=C(O)[C@H](Cc1ccccc1)NC(=O)C1(c2ccc(F)cc2)CCN(Cc2ccccc2)CC1. The largest absolute Gasteiger partial charge is 0.480 e. The van der Waals surface area contributed by atoms with E-state index >= 15 is 0 Å². The monoisotopic (exact) mass is 460 g/mol. The van der Waals surface area contributed by atoms with E-state index in [0.29, 0.717) is 25.9 Å². The quantitative estimate of drug-likeness (QED) is 0.529. The van der Waals surface area contributed by atoms with E-state index < -0.39 is 17.4 Å². The van der Waals surface area contributed by atoms with Crippen LogP contribution >= 0.6 is 0 Å². The summed E-state index contributed by atoms with van der Waals surface area (Å²) in [5.74, 6) is -1.76. The summed E-state index contributed by atoms with van der Waals surface area (Å²) >= 11 is 0. The fourth-order valence-electron chi connectivity index (χ4n) is 4.70. The Bertz CT molecular complexity index is 1100. The molecule has 0 saturated carbocycles. The maximum atomic E-state index is 13.7. The van der Waals surface area contributed by atoms with Gasteiger partial charge in [-0.25, -0.2) is 9.18 Å². The summed E-state index contributed by atoms with van der Waals surface area (Å²) in [6.45, 7) is 2.14. The highest BCUT2D eigenvalue weighted by molar-refractivity contribution is 5.91. The van der Waals surface area contributed by atoms with Gasteiger partial charge in [0.15, 0.2) is 0 Å². The van der Waals surface area contributed by atoms with Crippen LogP contribution < -0.4 is 5.32 Å². The molecule has 1 amide bonds. The zero-order valence-electron chi connectivity index (χ0n) is 19.0. The smallest absolute Gasteiger partial charge is 0.326 e. The predicted molar refractivity (Wildman–Crippen MR) is 129 cm³/mol. The number of aliphatic carboxylic acids is 1. The van der Waals surface area contributed by atoms with E-state index in [1.165, 1.54) is 17.7 Å². The summed E-state index contributed by atoms with van der Waals surface area (Å²) in [5, 5.41) is 12.6. The molecule has 0 unspecified atom stereocenters. The molecule has 0 spiro atoms. The first-order valence-electron chi connectivity index (χ1n) is 11.6. The van der Waals surface area contributed by atoms with E-state index in [1.807, 2.05) is 48.5 Å². The topological polar surface area (TPSA) is 69.6 Å². The molecule has 0 aliphatic carbocycles. The average Bonchev–Trinajstić information content (AvgIpc) is 2.86. The molecule has 1 heterocycles. The number of carbonyl (C=O) groups excluding carboxylic acids is 1. The number of piperidine rings is 1. The maximum absolute atomic E-state index is 13.7. The Balaban J connectivity index is 1.54. The molecule has 1 saturated heterocycles. The van der Waals surface area contributed by atoms with Crippen molar-refractivity contribution < 1.29 is 19.1 Å². The number of rotatable bonds is 8. The summed E-state index contributed by atoms with van der Waals surface area (Å²) in [6.07, 6.45) is 1.24. The lowest BCUT2D eigenvalue weighted by Crippen LogP contribution is -2.55. The number of likely N-dealkylation sites (tertiary alicyclic amines) is 1. The van der Waals surface area contributed by atoms with Crippen LogP contribution in [0.4, 0.5) is 4.39 Å². The van der Waals surface area contributed by atoms with Crippen LogP contribution in [0.3, 0.4) is 0 Å². The number of halogens is 1. The van der Waals surface area contributed by atoms with Crippen LogP contribution in [-0.2, 0) is 28.0 Å². The number of carbonyl (C=O) groups is 2. The first kappa shape index (κ1) is 23.6. The van der Waals surface area contributed by atoms with Gasteiger partial charge in [-0.15, -0.1) is 0 Å². The fraction of sp³-hybridized carbons (Fsp3) is 0.286. The van der Waals surface area contributed by atoms with Crippen molar-refractivity contribution in [1.82, 2.24) is 10.2 Å². The van der Waals surface area contributed by atoms with Crippen molar-refractivity contribution >= 4 is 11.9 Å². The lowest BCUT2D eigenvalue weighted by Gasteiger charge is -2.41. The first-order valence-corrected chi connectivity index (χ1v) is 11.6. The van der Waals surface area contributed by atoms with Gasteiger partial charge in [0.2, 0.25) is 5.91 Å². The summed E-state index contributed by atoms with van der Waals surface area (Å²) in [6, 6.07) is 24.4. The van der Waals surface area contributed by atoms with E-state index in [2.05, 4.69) is 22.3 Å². The van der Waals surface area contributed by atoms with E-state index in [0.717, 1.165) is 17.7 Å². The number of hydrogen-bond donors (Lipinski definition) is 2. The summed E-state index contributed by atoms with van der Waals surface area (Å²) < 4.78 is 13.7. The minimum Gasteiger partial charge on any atom is -0.480 e. The summed E-state index contributed by atoms with van der Waals surface area (Å²) in [4.78, 5) is 28.0. The van der Waals surface area contributed by atoms with Crippen molar-refractivity contribution in [1.29, 1.82) is 0 Å². The summed E-state index contributed by atoms with van der Waals surface area (Å²) in [7, 11) is 0.